The van der Waals surface area contributed by atoms with Gasteiger partial charge in [0.2, 0.25) is 0 Å². The first-order valence-electron chi connectivity index (χ1n) is 9.34. The maximum atomic E-state index is 12.6. The summed E-state index contributed by atoms with van der Waals surface area (Å²) in [6, 6.07) is 9.59. The van der Waals surface area contributed by atoms with Crippen molar-refractivity contribution in [1.29, 1.82) is 0 Å². The molecule has 0 spiro atoms. The fourth-order valence-electron chi connectivity index (χ4n) is 3.25. The number of nitrogen functional groups attached to an aromatic ring is 1. The number of nitrogens with zero attached hydrogens (tertiary/aromatic N) is 3. The lowest BCUT2D eigenvalue weighted by atomic mass is 10.0. The molecule has 0 aliphatic carbocycles. The number of carbonyl (C=O) groups is 2. The molecule has 0 unspecified atom stereocenters. The number of nitrogens with one attached hydrogen (secondary N) is 2. The topological polar surface area (TPSA) is 135 Å². The second-order valence-electron chi connectivity index (χ2n) is 6.89. The van der Waals surface area contributed by atoms with Crippen molar-refractivity contribution in [3.05, 3.63) is 72.2 Å². The van der Waals surface area contributed by atoms with Crippen LogP contribution in [0.1, 0.15) is 15.9 Å². The molecule has 2 amide bonds. The van der Waals surface area contributed by atoms with Gasteiger partial charge in [-0.25, -0.2) is 19.1 Å². The van der Waals surface area contributed by atoms with Crippen LogP contribution < -0.4 is 16.4 Å². The quantitative estimate of drug-likeness (QED) is 0.361. The van der Waals surface area contributed by atoms with Crippen molar-refractivity contribution in [1.82, 2.24) is 14.6 Å². The van der Waals surface area contributed by atoms with Gasteiger partial charge in [0.1, 0.15) is 11.8 Å². The number of nitrogens with two attached hydrogens (primary N) is 1. The fourth-order valence-corrected chi connectivity index (χ4v) is 3.25. The van der Waals surface area contributed by atoms with E-state index in [1.807, 2.05) is 0 Å². The van der Waals surface area contributed by atoms with E-state index in [2.05, 4.69) is 20.7 Å². The van der Waals surface area contributed by atoms with Crippen LogP contribution in [0.4, 0.5) is 35.2 Å². The van der Waals surface area contributed by atoms with E-state index >= 15 is 0 Å². The molecule has 0 atom stereocenters. The zero-order valence-corrected chi connectivity index (χ0v) is 16.6. The highest BCUT2D eigenvalue weighted by Crippen LogP contribution is 2.33. The van der Waals surface area contributed by atoms with Crippen LogP contribution in [-0.4, -0.2) is 31.7 Å². The summed E-state index contributed by atoms with van der Waals surface area (Å²) >= 11 is 0. The van der Waals surface area contributed by atoms with E-state index < -0.39 is 23.7 Å². The van der Waals surface area contributed by atoms with E-state index in [0.717, 1.165) is 24.3 Å². The van der Waals surface area contributed by atoms with Crippen LogP contribution in [-0.2, 0) is 6.18 Å². The van der Waals surface area contributed by atoms with Gasteiger partial charge in [-0.05, 0) is 42.0 Å². The number of hydrogen-bond acceptors (Lipinski definition) is 5. The van der Waals surface area contributed by atoms with Crippen LogP contribution in [0.2, 0.25) is 0 Å². The molecule has 0 aliphatic heterocycles. The number of carboxylic acids is 1. The molecule has 168 valence electrons. The number of alkyl halides is 3. The van der Waals surface area contributed by atoms with Gasteiger partial charge in [0, 0.05) is 23.1 Å². The van der Waals surface area contributed by atoms with Crippen LogP contribution in [0.15, 0.2) is 61.1 Å². The Morgan fingerprint density at radius 3 is 2.09 bits per heavy atom. The summed E-state index contributed by atoms with van der Waals surface area (Å²) in [6.45, 7) is 0. The number of fused-ring (bicyclic) bond motifs is 1. The van der Waals surface area contributed by atoms with Crippen molar-refractivity contribution < 1.29 is 27.9 Å². The second-order valence-corrected chi connectivity index (χ2v) is 6.89. The molecule has 0 aliphatic rings. The number of benzene rings is 2. The number of aromatic nitrogens is 3. The van der Waals surface area contributed by atoms with Crippen LogP contribution in [0.25, 0.3) is 16.6 Å². The monoisotopic (exact) mass is 456 g/mol. The van der Waals surface area contributed by atoms with Crippen molar-refractivity contribution >= 4 is 34.7 Å². The summed E-state index contributed by atoms with van der Waals surface area (Å²) in [5.41, 5.74) is 6.77. The number of carbonyl (C=O) groups excluding carboxylic acids is 1. The van der Waals surface area contributed by atoms with E-state index in [-0.39, 0.29) is 17.1 Å². The highest BCUT2D eigenvalue weighted by molar-refractivity contribution is 6.04. The van der Waals surface area contributed by atoms with E-state index in [1.165, 1.54) is 29.2 Å². The summed E-state index contributed by atoms with van der Waals surface area (Å²) < 4.78 is 39.2. The third-order valence-corrected chi connectivity index (χ3v) is 4.73. The summed E-state index contributed by atoms with van der Waals surface area (Å²) in [4.78, 5) is 27.8. The average molecular weight is 456 g/mol. The molecule has 0 saturated heterocycles. The Kier molecular flexibility index (Phi) is 5.34. The van der Waals surface area contributed by atoms with E-state index in [1.54, 1.807) is 12.1 Å². The highest BCUT2D eigenvalue weighted by atomic mass is 19.4. The van der Waals surface area contributed by atoms with Gasteiger partial charge in [-0.15, -0.1) is 0 Å². The largest absolute Gasteiger partial charge is 0.478 e. The maximum absolute atomic E-state index is 12.6. The van der Waals surface area contributed by atoms with Gasteiger partial charge < -0.3 is 21.5 Å². The summed E-state index contributed by atoms with van der Waals surface area (Å²) in [5.74, 6) is -1.07. The number of amides is 2. The van der Waals surface area contributed by atoms with Gasteiger partial charge in [0.15, 0.2) is 5.82 Å². The van der Waals surface area contributed by atoms with Crippen molar-refractivity contribution in [2.45, 2.75) is 6.18 Å². The lowest BCUT2D eigenvalue weighted by Gasteiger charge is -2.10. The number of halogens is 3. The van der Waals surface area contributed by atoms with Crippen LogP contribution >= 0.6 is 0 Å². The second kappa shape index (κ2) is 8.15. The lowest BCUT2D eigenvalue weighted by molar-refractivity contribution is -0.137. The van der Waals surface area contributed by atoms with E-state index in [4.69, 9.17) is 5.73 Å². The minimum absolute atomic E-state index is 0.0250. The van der Waals surface area contributed by atoms with Gasteiger partial charge in [-0.3, -0.25) is 0 Å². The van der Waals surface area contributed by atoms with Gasteiger partial charge in [0.05, 0.1) is 11.1 Å². The Labute approximate surface area is 183 Å². The SMILES string of the molecule is Nc1ncnn2cc(C(=O)O)c(-c3ccc(NC(=O)Nc4ccc(C(F)(F)F)cc4)cc3)c12. The molecule has 4 rings (SSSR count). The Hall–Kier alpha value is -4.61. The molecule has 2 aromatic carbocycles. The number of urea groups is 1. The third kappa shape index (κ3) is 4.39. The Balaban J connectivity index is 1.53. The Morgan fingerprint density at radius 1 is 0.970 bits per heavy atom. The van der Waals surface area contributed by atoms with Crippen molar-refractivity contribution in [2.24, 2.45) is 0 Å². The molecule has 0 saturated carbocycles. The third-order valence-electron chi connectivity index (χ3n) is 4.73. The van der Waals surface area contributed by atoms with Gasteiger partial charge in [-0.1, -0.05) is 12.1 Å². The van der Waals surface area contributed by atoms with Crippen LogP contribution in [0.5, 0.6) is 0 Å². The maximum Gasteiger partial charge on any atom is 0.416 e. The number of carboxylic acid groups (broad SMARTS) is 1. The summed E-state index contributed by atoms with van der Waals surface area (Å²) in [6.07, 6.45) is -1.93. The molecule has 12 heteroatoms. The molecule has 2 aromatic heterocycles. The lowest BCUT2D eigenvalue weighted by Crippen LogP contribution is -2.19. The molecule has 2 heterocycles. The average Bonchev–Trinajstić information content (AvgIpc) is 3.15. The van der Waals surface area contributed by atoms with E-state index in [9.17, 15) is 27.9 Å². The first-order chi connectivity index (χ1) is 15.6. The number of anilines is 3. The number of hydrogen-bond donors (Lipinski definition) is 4. The van der Waals surface area contributed by atoms with Crippen molar-refractivity contribution in [3.63, 3.8) is 0 Å². The summed E-state index contributed by atoms with van der Waals surface area (Å²) in [5, 5.41) is 18.5. The highest BCUT2D eigenvalue weighted by Gasteiger charge is 2.30. The molecule has 33 heavy (non-hydrogen) atoms. The van der Waals surface area contributed by atoms with Gasteiger partial charge in [-0.2, -0.15) is 18.3 Å². The number of rotatable bonds is 4. The van der Waals surface area contributed by atoms with Gasteiger partial charge >= 0.3 is 18.2 Å². The molecular weight excluding hydrogens is 441 g/mol. The van der Waals surface area contributed by atoms with Crippen LogP contribution in [0.3, 0.4) is 0 Å². The zero-order chi connectivity index (χ0) is 23.8. The molecular formula is C21H15F3N6O3. The predicted octanol–water partition coefficient (Wildman–Crippen LogP) is 4.34. The Morgan fingerprint density at radius 2 is 1.55 bits per heavy atom. The molecule has 0 radical (unpaired) electrons. The summed E-state index contributed by atoms with van der Waals surface area (Å²) in [7, 11) is 0. The minimum Gasteiger partial charge on any atom is -0.478 e. The Bertz CT molecular complexity index is 1350. The number of aromatic carboxylic acids is 1. The van der Waals surface area contributed by atoms with Crippen molar-refractivity contribution in [2.75, 3.05) is 16.4 Å². The predicted molar refractivity (Wildman–Crippen MR) is 114 cm³/mol. The smallest absolute Gasteiger partial charge is 0.416 e. The first kappa shape index (κ1) is 21.6. The molecule has 4 aromatic rings. The molecule has 0 fully saturated rings. The molecule has 5 N–H and O–H groups in total. The molecule has 0 bridgehead atoms. The van der Waals surface area contributed by atoms with Crippen LogP contribution in [0, 0.1) is 0 Å². The fraction of sp³-hybridized carbons (Fsp3) is 0.0476. The standard InChI is InChI=1S/C21H15F3N6O3/c22-21(23,24)12-3-7-14(8-4-12)29-20(33)28-13-5-1-11(2-6-13)16-15(19(31)32)9-30-17(16)18(25)26-10-27-30/h1-10H,(H,31,32)(H2,25,26,27)(H2,28,29,33). The van der Waals surface area contributed by atoms with Gasteiger partial charge in [0.25, 0.3) is 0 Å². The van der Waals surface area contributed by atoms with E-state index in [0.29, 0.717) is 22.3 Å². The molecule has 9 nitrogen and oxygen atoms in total. The van der Waals surface area contributed by atoms with Crippen molar-refractivity contribution in [3.8, 4) is 11.1 Å². The first-order valence-corrected chi connectivity index (χ1v) is 9.34. The normalized spacial score (nSPS) is 11.4. The zero-order valence-electron chi connectivity index (χ0n) is 16.6. The minimum atomic E-state index is -4.47.